The van der Waals surface area contributed by atoms with Crippen LogP contribution in [0.25, 0.3) is 5.65 Å². The Bertz CT molecular complexity index is 1060. The Morgan fingerprint density at radius 3 is 2.69 bits per heavy atom. The van der Waals surface area contributed by atoms with Crippen molar-refractivity contribution in [2.24, 2.45) is 0 Å². The van der Waals surface area contributed by atoms with Gasteiger partial charge in [-0.15, -0.1) is 0 Å². The first kappa shape index (κ1) is 19.4. The van der Waals surface area contributed by atoms with Gasteiger partial charge < -0.3 is 10.6 Å². The van der Waals surface area contributed by atoms with E-state index in [2.05, 4.69) is 67.8 Å². The highest BCUT2D eigenvalue weighted by Crippen LogP contribution is 2.23. The van der Waals surface area contributed by atoms with Crippen molar-refractivity contribution in [2.45, 2.75) is 32.4 Å². The van der Waals surface area contributed by atoms with Gasteiger partial charge in [-0.25, -0.2) is 4.98 Å². The molecule has 2 N–H and O–H groups in total. The molecule has 0 amide bonds. The molecule has 0 bridgehead atoms. The third kappa shape index (κ3) is 4.92. The molecule has 6 nitrogen and oxygen atoms in total. The van der Waals surface area contributed by atoms with Crippen molar-refractivity contribution in [3.63, 3.8) is 0 Å². The molecule has 0 aliphatic carbocycles. The molecule has 0 spiro atoms. The minimum Gasteiger partial charge on any atom is -0.367 e. The lowest BCUT2D eigenvalue weighted by Gasteiger charge is -2.16. The largest absolute Gasteiger partial charge is 0.367 e. The zero-order valence-electron chi connectivity index (χ0n) is 16.2. The van der Waals surface area contributed by atoms with Crippen LogP contribution in [0.15, 0.2) is 71.6 Å². The summed E-state index contributed by atoms with van der Waals surface area (Å²) in [4.78, 5) is 8.91. The van der Waals surface area contributed by atoms with Gasteiger partial charge in [0, 0.05) is 31.0 Å². The molecule has 0 saturated heterocycles. The zero-order valence-corrected chi connectivity index (χ0v) is 17.8. The number of anilines is 2. The summed E-state index contributed by atoms with van der Waals surface area (Å²) in [6, 6.07) is 16.8. The number of pyridine rings is 1. The highest BCUT2D eigenvalue weighted by molar-refractivity contribution is 9.10. The summed E-state index contributed by atoms with van der Waals surface area (Å²) in [5.74, 6) is 1.70. The number of hydrogen-bond acceptors (Lipinski definition) is 5. The minimum atomic E-state index is 0.290. The molecule has 4 aromatic rings. The van der Waals surface area contributed by atoms with Gasteiger partial charge in [-0.1, -0.05) is 36.4 Å². The predicted octanol–water partition coefficient (Wildman–Crippen LogP) is 4.93. The Balaban J connectivity index is 1.49. The normalized spacial score (nSPS) is 12.1. The Labute approximate surface area is 178 Å². The van der Waals surface area contributed by atoms with E-state index >= 15 is 0 Å². The topological polar surface area (TPSA) is 67.1 Å². The second-order valence-corrected chi connectivity index (χ2v) is 7.89. The maximum atomic E-state index is 4.74. The van der Waals surface area contributed by atoms with Crippen LogP contribution >= 0.6 is 15.9 Å². The van der Waals surface area contributed by atoms with E-state index in [-0.39, 0.29) is 6.04 Å². The highest BCUT2D eigenvalue weighted by Gasteiger charge is 2.12. The second-order valence-electron chi connectivity index (χ2n) is 7.04. The predicted molar refractivity (Wildman–Crippen MR) is 120 cm³/mol. The third-order valence-corrected chi connectivity index (χ3v) is 5.29. The summed E-state index contributed by atoms with van der Waals surface area (Å²) >= 11 is 3.55. The number of hydrogen-bond donors (Lipinski definition) is 2. The number of rotatable bonds is 8. The van der Waals surface area contributed by atoms with Crippen LogP contribution in [0.4, 0.5) is 11.6 Å². The second kappa shape index (κ2) is 9.05. The molecular formula is C22H23BrN6. The third-order valence-electron chi connectivity index (χ3n) is 4.73. The number of nitrogens with zero attached hydrogens (tertiary/aromatic N) is 4. The number of nitrogens with one attached hydrogen (secondary N) is 2. The van der Waals surface area contributed by atoms with Gasteiger partial charge in [-0.3, -0.25) is 4.98 Å². The van der Waals surface area contributed by atoms with E-state index in [4.69, 9.17) is 4.98 Å². The highest BCUT2D eigenvalue weighted by atomic mass is 79.9. The summed E-state index contributed by atoms with van der Waals surface area (Å²) in [7, 11) is 0. The molecule has 3 heterocycles. The van der Waals surface area contributed by atoms with Crippen LogP contribution < -0.4 is 10.6 Å². The van der Waals surface area contributed by atoms with Gasteiger partial charge in [0.1, 0.15) is 11.6 Å². The smallest absolute Gasteiger partial charge is 0.173 e. The summed E-state index contributed by atoms with van der Waals surface area (Å²) < 4.78 is 2.67. The summed E-state index contributed by atoms with van der Waals surface area (Å²) in [6.07, 6.45) is 7.45. The molecule has 1 unspecified atom stereocenters. The average Bonchev–Trinajstić information content (AvgIpc) is 3.13. The first-order valence-electron chi connectivity index (χ1n) is 9.66. The number of fused-ring (bicyclic) bond motifs is 1. The minimum absolute atomic E-state index is 0.290. The van der Waals surface area contributed by atoms with Crippen molar-refractivity contribution >= 4 is 33.2 Å². The molecular weight excluding hydrogens is 428 g/mol. The number of aromatic nitrogens is 4. The Kier molecular flexibility index (Phi) is 6.05. The van der Waals surface area contributed by atoms with Gasteiger partial charge >= 0.3 is 0 Å². The van der Waals surface area contributed by atoms with Crippen LogP contribution in [0.1, 0.15) is 24.5 Å². The molecule has 0 saturated carbocycles. The van der Waals surface area contributed by atoms with E-state index in [9.17, 15) is 0 Å². The van der Waals surface area contributed by atoms with Gasteiger partial charge in [0.2, 0.25) is 0 Å². The first-order chi connectivity index (χ1) is 14.2. The van der Waals surface area contributed by atoms with Gasteiger partial charge in [-0.2, -0.15) is 9.61 Å². The van der Waals surface area contributed by atoms with E-state index in [0.29, 0.717) is 6.54 Å². The van der Waals surface area contributed by atoms with Crippen molar-refractivity contribution in [1.29, 1.82) is 0 Å². The first-order valence-corrected chi connectivity index (χ1v) is 10.5. The van der Waals surface area contributed by atoms with Crippen LogP contribution in [0.3, 0.4) is 0 Å². The maximum absolute atomic E-state index is 4.74. The quantitative estimate of drug-likeness (QED) is 0.398. The lowest BCUT2D eigenvalue weighted by Crippen LogP contribution is -2.18. The van der Waals surface area contributed by atoms with Gasteiger partial charge in [0.25, 0.3) is 0 Å². The molecule has 0 fully saturated rings. The van der Waals surface area contributed by atoms with Crippen LogP contribution in [0.2, 0.25) is 0 Å². The van der Waals surface area contributed by atoms with Crippen molar-refractivity contribution in [2.75, 3.05) is 10.6 Å². The molecule has 1 atom stereocenters. The summed E-state index contributed by atoms with van der Waals surface area (Å²) in [5, 5.41) is 11.4. The van der Waals surface area contributed by atoms with Crippen molar-refractivity contribution in [3.05, 3.63) is 82.7 Å². The maximum Gasteiger partial charge on any atom is 0.173 e. The van der Waals surface area contributed by atoms with E-state index in [1.54, 1.807) is 16.9 Å². The summed E-state index contributed by atoms with van der Waals surface area (Å²) in [5.41, 5.74) is 3.23. The van der Waals surface area contributed by atoms with E-state index in [0.717, 1.165) is 40.2 Å². The van der Waals surface area contributed by atoms with E-state index in [1.807, 2.05) is 30.5 Å². The van der Waals surface area contributed by atoms with E-state index < -0.39 is 0 Å². The molecule has 0 aliphatic heterocycles. The van der Waals surface area contributed by atoms with Crippen molar-refractivity contribution in [3.8, 4) is 0 Å². The van der Waals surface area contributed by atoms with Crippen LogP contribution in [-0.2, 0) is 13.0 Å². The number of halogens is 1. The fraction of sp³-hybridized carbons (Fsp3) is 0.227. The fourth-order valence-electron chi connectivity index (χ4n) is 3.18. The van der Waals surface area contributed by atoms with Gasteiger partial charge in [0.05, 0.1) is 10.7 Å². The monoisotopic (exact) mass is 450 g/mol. The molecule has 0 radical (unpaired) electrons. The molecule has 1 aromatic carbocycles. The Morgan fingerprint density at radius 1 is 1.07 bits per heavy atom. The van der Waals surface area contributed by atoms with E-state index in [1.165, 1.54) is 5.56 Å². The molecule has 0 aliphatic rings. The molecule has 7 heteroatoms. The van der Waals surface area contributed by atoms with Crippen molar-refractivity contribution < 1.29 is 0 Å². The van der Waals surface area contributed by atoms with Gasteiger partial charge in [0.15, 0.2) is 5.65 Å². The standard InChI is InChI=1S/C22H23BrN6/c1-16(9-10-17-6-3-2-4-7-17)27-20-12-21(25-14-18-8-5-11-24-13-18)29-22(28-20)19(23)15-26-29/h2-8,11-13,15-16,25H,9-10,14H2,1H3,(H,27,28). The van der Waals surface area contributed by atoms with Crippen LogP contribution in [-0.4, -0.2) is 25.6 Å². The molecule has 148 valence electrons. The zero-order chi connectivity index (χ0) is 20.1. The van der Waals surface area contributed by atoms with Crippen LogP contribution in [0, 0.1) is 0 Å². The van der Waals surface area contributed by atoms with Crippen molar-refractivity contribution in [1.82, 2.24) is 19.6 Å². The molecule has 3 aromatic heterocycles. The Hall–Kier alpha value is -2.93. The Morgan fingerprint density at radius 2 is 1.90 bits per heavy atom. The van der Waals surface area contributed by atoms with Crippen LogP contribution in [0.5, 0.6) is 0 Å². The fourth-order valence-corrected chi connectivity index (χ4v) is 3.53. The lowest BCUT2D eigenvalue weighted by molar-refractivity contribution is 0.702. The summed E-state index contributed by atoms with van der Waals surface area (Å²) in [6.45, 7) is 2.84. The lowest BCUT2D eigenvalue weighted by atomic mass is 10.1. The number of benzene rings is 1. The average molecular weight is 451 g/mol. The van der Waals surface area contributed by atoms with Gasteiger partial charge in [-0.05, 0) is 52.9 Å². The molecule has 29 heavy (non-hydrogen) atoms. The number of aryl methyl sites for hydroxylation is 1. The molecule has 4 rings (SSSR count). The SMILES string of the molecule is CC(CCc1ccccc1)Nc1cc(NCc2cccnc2)n2ncc(Br)c2n1.